The average molecular weight is 516 g/mol. The summed E-state index contributed by atoms with van der Waals surface area (Å²) in [4.78, 5) is 25.3. The molecule has 1 N–H and O–H groups in total. The number of benzene rings is 1. The fourth-order valence-electron chi connectivity index (χ4n) is 4.20. The van der Waals surface area contributed by atoms with Gasteiger partial charge in [0.15, 0.2) is 0 Å². The van der Waals surface area contributed by atoms with Crippen molar-refractivity contribution in [2.24, 2.45) is 13.0 Å². The maximum Gasteiger partial charge on any atom is 0.416 e. The van der Waals surface area contributed by atoms with Crippen LogP contribution < -0.4 is 5.32 Å². The number of nitrogens with one attached hydrogen (secondary N) is 1. The molecule has 0 saturated carbocycles. The molecule has 0 unspecified atom stereocenters. The Morgan fingerprint density at radius 3 is 2.51 bits per heavy atom. The van der Waals surface area contributed by atoms with Crippen molar-refractivity contribution in [2.75, 3.05) is 25.0 Å². The minimum absolute atomic E-state index is 0.0241. The molecule has 0 aliphatic carbocycles. The van der Waals surface area contributed by atoms with E-state index in [9.17, 15) is 31.2 Å². The first-order valence-corrected chi connectivity index (χ1v) is 12.5. The highest BCUT2D eigenvalue weighted by atomic mass is 32.2. The monoisotopic (exact) mass is 515 g/mol. The minimum atomic E-state index is -4.56. The van der Waals surface area contributed by atoms with Gasteiger partial charge in [0.25, 0.3) is 0 Å². The number of carbonyl (C=O) groups is 2. The zero-order valence-electron chi connectivity index (χ0n) is 19.9. The summed E-state index contributed by atoms with van der Waals surface area (Å²) < 4.78 is 74.0. The number of hydrogen-bond acceptors (Lipinski definition) is 5. The van der Waals surface area contributed by atoms with Crippen LogP contribution in [0.2, 0.25) is 0 Å². The number of ether oxygens (including phenoxy) is 1. The van der Waals surface area contributed by atoms with Gasteiger partial charge in [0.1, 0.15) is 10.5 Å². The van der Waals surface area contributed by atoms with Crippen LogP contribution in [0.25, 0.3) is 0 Å². The Hall–Kier alpha value is -2.86. The first kappa shape index (κ1) is 26.7. The van der Waals surface area contributed by atoms with E-state index in [-0.39, 0.29) is 35.8 Å². The SMILES string of the molecule is CCOC(=O)c1c(S(=O)(=O)N2CCC[C@H](C(=O)Nc3cccc(C(F)(F)F)c3)C2)c(C)n(C)c1C. The molecule has 1 atom stereocenters. The number of aromatic nitrogens is 1. The van der Waals surface area contributed by atoms with Crippen LogP contribution in [0, 0.1) is 19.8 Å². The van der Waals surface area contributed by atoms with Gasteiger partial charge in [-0.1, -0.05) is 6.07 Å². The molecule has 0 radical (unpaired) electrons. The molecule has 1 aliphatic heterocycles. The van der Waals surface area contributed by atoms with Gasteiger partial charge in [0, 0.05) is 37.2 Å². The van der Waals surface area contributed by atoms with Gasteiger partial charge in [0.05, 0.1) is 18.1 Å². The van der Waals surface area contributed by atoms with Gasteiger partial charge in [-0.15, -0.1) is 0 Å². The molecule has 192 valence electrons. The van der Waals surface area contributed by atoms with E-state index in [0.29, 0.717) is 24.2 Å². The van der Waals surface area contributed by atoms with E-state index < -0.39 is 39.6 Å². The number of hydrogen-bond donors (Lipinski definition) is 1. The lowest BCUT2D eigenvalue weighted by Gasteiger charge is -2.31. The molecule has 12 heteroatoms. The normalized spacial score (nSPS) is 17.3. The number of halogens is 3. The molecule has 2 heterocycles. The van der Waals surface area contributed by atoms with Crippen LogP contribution >= 0.6 is 0 Å². The largest absolute Gasteiger partial charge is 0.462 e. The topological polar surface area (TPSA) is 97.7 Å². The van der Waals surface area contributed by atoms with Crippen molar-refractivity contribution in [3.63, 3.8) is 0 Å². The summed E-state index contributed by atoms with van der Waals surface area (Å²) in [6.07, 6.45) is -3.81. The number of sulfonamides is 1. The second-order valence-electron chi connectivity index (χ2n) is 8.42. The minimum Gasteiger partial charge on any atom is -0.462 e. The highest BCUT2D eigenvalue weighted by Crippen LogP contribution is 2.33. The molecule has 1 aromatic carbocycles. The second kappa shape index (κ2) is 10.0. The lowest BCUT2D eigenvalue weighted by molar-refractivity contribution is -0.137. The number of alkyl halides is 3. The van der Waals surface area contributed by atoms with E-state index in [1.54, 1.807) is 32.4 Å². The summed E-state index contributed by atoms with van der Waals surface area (Å²) in [7, 11) is -2.52. The van der Waals surface area contributed by atoms with Gasteiger partial charge in [-0.05, 0) is 51.8 Å². The Bertz CT molecular complexity index is 1240. The second-order valence-corrected chi connectivity index (χ2v) is 10.3. The first-order chi connectivity index (χ1) is 16.3. The zero-order chi connectivity index (χ0) is 26.1. The predicted molar refractivity (Wildman–Crippen MR) is 122 cm³/mol. The van der Waals surface area contributed by atoms with Gasteiger partial charge in [-0.25, -0.2) is 13.2 Å². The van der Waals surface area contributed by atoms with E-state index in [0.717, 1.165) is 16.4 Å². The molecular weight excluding hydrogens is 487 g/mol. The predicted octanol–water partition coefficient (Wildman–Crippen LogP) is 3.88. The van der Waals surface area contributed by atoms with Crippen molar-refractivity contribution >= 4 is 27.6 Å². The molecule has 2 aromatic rings. The summed E-state index contributed by atoms with van der Waals surface area (Å²) >= 11 is 0. The van der Waals surface area contributed by atoms with Crippen molar-refractivity contribution in [1.29, 1.82) is 0 Å². The summed E-state index contributed by atoms with van der Waals surface area (Å²) in [6.45, 7) is 4.89. The van der Waals surface area contributed by atoms with Crippen LogP contribution in [0.1, 0.15) is 47.1 Å². The molecule has 3 rings (SSSR count). The number of esters is 1. The third-order valence-corrected chi connectivity index (χ3v) is 8.24. The van der Waals surface area contributed by atoms with Crippen molar-refractivity contribution in [3.8, 4) is 0 Å². The molecule has 1 aromatic heterocycles. The Morgan fingerprint density at radius 2 is 1.89 bits per heavy atom. The van der Waals surface area contributed by atoms with Gasteiger partial charge >= 0.3 is 12.1 Å². The lowest BCUT2D eigenvalue weighted by atomic mass is 9.98. The quantitative estimate of drug-likeness (QED) is 0.589. The van der Waals surface area contributed by atoms with E-state index in [4.69, 9.17) is 4.74 Å². The summed E-state index contributed by atoms with van der Waals surface area (Å²) in [6, 6.07) is 4.26. The molecule has 1 saturated heterocycles. The van der Waals surface area contributed by atoms with Gasteiger partial charge in [-0.2, -0.15) is 17.5 Å². The van der Waals surface area contributed by atoms with E-state index in [2.05, 4.69) is 5.32 Å². The van der Waals surface area contributed by atoms with Crippen LogP contribution in [0.3, 0.4) is 0 Å². The number of amides is 1. The zero-order valence-corrected chi connectivity index (χ0v) is 20.7. The summed E-state index contributed by atoms with van der Waals surface area (Å²) in [5.41, 5.74) is -0.160. The smallest absolute Gasteiger partial charge is 0.416 e. The van der Waals surface area contributed by atoms with E-state index in [1.165, 1.54) is 12.1 Å². The maximum atomic E-state index is 13.6. The third kappa shape index (κ3) is 5.37. The summed E-state index contributed by atoms with van der Waals surface area (Å²) in [5.74, 6) is -2.09. The number of carbonyl (C=O) groups excluding carboxylic acids is 2. The van der Waals surface area contributed by atoms with Gasteiger partial charge in [0.2, 0.25) is 15.9 Å². The van der Waals surface area contributed by atoms with Crippen molar-refractivity contribution in [3.05, 3.63) is 46.8 Å². The van der Waals surface area contributed by atoms with Crippen LogP contribution in [0.4, 0.5) is 18.9 Å². The number of nitrogens with zero attached hydrogens (tertiary/aromatic N) is 2. The fourth-order valence-corrected chi connectivity index (χ4v) is 6.20. The molecule has 1 aliphatic rings. The number of anilines is 1. The standard InChI is InChI=1S/C23H28F3N3O5S/c1-5-34-22(31)19-14(2)28(4)15(3)20(19)35(32,33)29-11-7-8-16(13-29)21(30)27-18-10-6-9-17(12-18)23(24,25)26/h6,9-10,12,16H,5,7-8,11,13H2,1-4H3,(H,27,30)/t16-/m0/s1. The van der Waals surface area contributed by atoms with Crippen molar-refractivity contribution in [1.82, 2.24) is 8.87 Å². The van der Waals surface area contributed by atoms with E-state index in [1.807, 2.05) is 0 Å². The number of piperidine rings is 1. The molecule has 35 heavy (non-hydrogen) atoms. The number of rotatable bonds is 6. The maximum absolute atomic E-state index is 13.6. The fraction of sp³-hybridized carbons (Fsp3) is 0.478. The van der Waals surface area contributed by atoms with Crippen LogP contribution in [-0.2, 0) is 32.8 Å². The van der Waals surface area contributed by atoms with E-state index >= 15 is 0 Å². The average Bonchev–Trinajstić information content (AvgIpc) is 3.03. The van der Waals surface area contributed by atoms with Crippen molar-refractivity contribution in [2.45, 2.75) is 44.7 Å². The van der Waals surface area contributed by atoms with Crippen LogP contribution in [0.15, 0.2) is 29.2 Å². The Balaban J connectivity index is 1.86. The highest BCUT2D eigenvalue weighted by molar-refractivity contribution is 7.89. The Morgan fingerprint density at radius 1 is 1.20 bits per heavy atom. The molecular formula is C23H28F3N3O5S. The van der Waals surface area contributed by atoms with Crippen molar-refractivity contribution < 1.29 is 35.9 Å². The van der Waals surface area contributed by atoms with Crippen LogP contribution in [0.5, 0.6) is 0 Å². The Kier molecular flexibility index (Phi) is 7.65. The summed E-state index contributed by atoms with van der Waals surface area (Å²) in [5, 5.41) is 2.47. The van der Waals surface area contributed by atoms with Gasteiger partial charge in [-0.3, -0.25) is 4.79 Å². The third-order valence-electron chi connectivity index (χ3n) is 6.21. The van der Waals surface area contributed by atoms with Gasteiger partial charge < -0.3 is 14.6 Å². The molecule has 1 fully saturated rings. The lowest BCUT2D eigenvalue weighted by Crippen LogP contribution is -2.44. The molecule has 8 nitrogen and oxygen atoms in total. The van der Waals surface area contributed by atoms with Crippen LogP contribution in [-0.4, -0.2) is 48.9 Å². The molecule has 0 bridgehead atoms. The Labute approximate surface area is 202 Å². The molecule has 0 spiro atoms. The molecule has 1 amide bonds. The highest BCUT2D eigenvalue weighted by Gasteiger charge is 2.39. The first-order valence-electron chi connectivity index (χ1n) is 11.1.